The molecule has 6 nitrogen and oxygen atoms in total. The number of carbonyl (C=O) groups excluding carboxylic acids is 2. The molecular weight excluding hydrogens is 336 g/mol. The summed E-state index contributed by atoms with van der Waals surface area (Å²) >= 11 is 1.40. The van der Waals surface area contributed by atoms with E-state index in [0.29, 0.717) is 4.88 Å². The van der Waals surface area contributed by atoms with E-state index in [0.717, 1.165) is 11.3 Å². The topological polar surface area (TPSA) is 76.9 Å². The van der Waals surface area contributed by atoms with Crippen molar-refractivity contribution < 1.29 is 9.59 Å². The lowest BCUT2D eigenvalue weighted by molar-refractivity contribution is -0.121. The van der Waals surface area contributed by atoms with Crippen LogP contribution in [0, 0.1) is 0 Å². The van der Waals surface area contributed by atoms with Crippen LogP contribution in [0.1, 0.15) is 41.0 Å². The van der Waals surface area contributed by atoms with Gasteiger partial charge >= 0.3 is 0 Å². The molecule has 25 heavy (non-hydrogen) atoms. The zero-order valence-corrected chi connectivity index (χ0v) is 14.6. The lowest BCUT2D eigenvalue weighted by Gasteiger charge is -2.14. The zero-order chi connectivity index (χ0) is 17.6. The fourth-order valence-corrected chi connectivity index (χ4v) is 3.14. The van der Waals surface area contributed by atoms with Gasteiger partial charge in [-0.2, -0.15) is 5.10 Å². The Morgan fingerprint density at radius 2 is 2.00 bits per heavy atom. The van der Waals surface area contributed by atoms with Crippen molar-refractivity contribution in [2.24, 2.45) is 0 Å². The highest BCUT2D eigenvalue weighted by molar-refractivity contribution is 7.12. The Bertz CT molecular complexity index is 827. The van der Waals surface area contributed by atoms with Crippen molar-refractivity contribution >= 4 is 23.0 Å². The van der Waals surface area contributed by atoms with Gasteiger partial charge in [0.25, 0.3) is 0 Å². The van der Waals surface area contributed by atoms with Crippen molar-refractivity contribution in [2.45, 2.75) is 25.8 Å². The second-order valence-electron chi connectivity index (χ2n) is 5.62. The Kier molecular flexibility index (Phi) is 5.35. The van der Waals surface area contributed by atoms with Crippen LogP contribution in [0.3, 0.4) is 0 Å². The fourth-order valence-electron chi connectivity index (χ4n) is 2.44. The summed E-state index contributed by atoms with van der Waals surface area (Å²) < 4.78 is 1.67. The van der Waals surface area contributed by atoms with Crippen molar-refractivity contribution in [1.82, 2.24) is 20.1 Å². The van der Waals surface area contributed by atoms with Crippen LogP contribution in [0.25, 0.3) is 5.69 Å². The second kappa shape index (κ2) is 7.85. The maximum atomic E-state index is 12.1. The number of nitrogens with one attached hydrogen (secondary N) is 1. The molecule has 1 atom stereocenters. The number of thiophene rings is 1. The summed E-state index contributed by atoms with van der Waals surface area (Å²) in [4.78, 5) is 28.6. The average molecular weight is 354 g/mol. The third-order valence-corrected chi connectivity index (χ3v) is 4.74. The number of benzene rings is 1. The highest BCUT2D eigenvalue weighted by Gasteiger charge is 2.13. The van der Waals surface area contributed by atoms with Gasteiger partial charge in [0.2, 0.25) is 5.91 Å². The minimum atomic E-state index is -0.130. The minimum Gasteiger partial charge on any atom is -0.350 e. The van der Waals surface area contributed by atoms with Gasteiger partial charge in [-0.25, -0.2) is 9.67 Å². The van der Waals surface area contributed by atoms with Crippen LogP contribution in [0.4, 0.5) is 0 Å². The van der Waals surface area contributed by atoms with Crippen LogP contribution in [0.15, 0.2) is 54.4 Å². The standard InChI is InChI=1S/C18H18N4O2S/c1-13(14-4-6-15(7-5-14)22-12-19-11-20-22)21-18(24)9-8-16(23)17-3-2-10-25-17/h2-7,10-13H,8-9H2,1H3,(H,21,24). The average Bonchev–Trinajstić information content (AvgIpc) is 3.33. The fraction of sp³-hybridized carbons (Fsp3) is 0.222. The second-order valence-corrected chi connectivity index (χ2v) is 6.57. The summed E-state index contributed by atoms with van der Waals surface area (Å²) in [7, 11) is 0. The molecule has 1 amide bonds. The molecule has 7 heteroatoms. The first-order chi connectivity index (χ1) is 12.1. The van der Waals surface area contributed by atoms with Crippen molar-refractivity contribution in [3.63, 3.8) is 0 Å². The van der Waals surface area contributed by atoms with Gasteiger partial charge in [-0.3, -0.25) is 9.59 Å². The van der Waals surface area contributed by atoms with Gasteiger partial charge in [-0.1, -0.05) is 18.2 Å². The molecule has 1 N–H and O–H groups in total. The molecule has 0 saturated carbocycles. The first-order valence-electron chi connectivity index (χ1n) is 7.94. The van der Waals surface area contributed by atoms with E-state index in [-0.39, 0.29) is 30.6 Å². The van der Waals surface area contributed by atoms with E-state index in [9.17, 15) is 9.59 Å². The molecule has 3 aromatic rings. The van der Waals surface area contributed by atoms with E-state index >= 15 is 0 Å². The molecule has 1 aromatic carbocycles. The van der Waals surface area contributed by atoms with Gasteiger partial charge in [0, 0.05) is 12.8 Å². The number of hydrogen-bond donors (Lipinski definition) is 1. The van der Waals surface area contributed by atoms with Crippen molar-refractivity contribution in [1.29, 1.82) is 0 Å². The van der Waals surface area contributed by atoms with Crippen molar-refractivity contribution in [3.8, 4) is 5.69 Å². The predicted octanol–water partition coefficient (Wildman–Crippen LogP) is 3.17. The Morgan fingerprint density at radius 3 is 2.64 bits per heavy atom. The minimum absolute atomic E-state index is 0.00925. The van der Waals surface area contributed by atoms with Gasteiger partial charge < -0.3 is 5.32 Å². The third-order valence-electron chi connectivity index (χ3n) is 3.83. The van der Waals surface area contributed by atoms with Crippen LogP contribution in [-0.2, 0) is 4.79 Å². The highest BCUT2D eigenvalue weighted by Crippen LogP contribution is 2.16. The van der Waals surface area contributed by atoms with Gasteiger partial charge in [0.15, 0.2) is 5.78 Å². The SMILES string of the molecule is CC(NC(=O)CCC(=O)c1cccs1)c1ccc(-n2cncn2)cc1. The van der Waals surface area contributed by atoms with Crippen LogP contribution >= 0.6 is 11.3 Å². The van der Waals surface area contributed by atoms with E-state index in [1.165, 1.54) is 17.7 Å². The molecular formula is C18H18N4O2S. The Balaban J connectivity index is 1.52. The molecule has 128 valence electrons. The maximum Gasteiger partial charge on any atom is 0.220 e. The lowest BCUT2D eigenvalue weighted by Crippen LogP contribution is -2.26. The number of amides is 1. The third kappa shape index (κ3) is 4.39. The van der Waals surface area contributed by atoms with Gasteiger partial charge in [0.05, 0.1) is 16.6 Å². The lowest BCUT2D eigenvalue weighted by atomic mass is 10.1. The molecule has 0 fully saturated rings. The van der Waals surface area contributed by atoms with Crippen LogP contribution in [-0.4, -0.2) is 26.5 Å². The molecule has 0 aliphatic heterocycles. The Morgan fingerprint density at radius 1 is 1.20 bits per heavy atom. The number of Topliss-reactive ketones (excluding diaryl/α,β-unsaturated/α-hetero) is 1. The maximum absolute atomic E-state index is 12.1. The van der Waals surface area contributed by atoms with Crippen molar-refractivity contribution in [3.05, 3.63) is 64.9 Å². The number of carbonyl (C=O) groups is 2. The molecule has 2 aromatic heterocycles. The quantitative estimate of drug-likeness (QED) is 0.661. The molecule has 0 radical (unpaired) electrons. The van der Waals surface area contributed by atoms with Gasteiger partial charge in [-0.15, -0.1) is 11.3 Å². The number of ketones is 1. The first-order valence-corrected chi connectivity index (χ1v) is 8.82. The zero-order valence-electron chi connectivity index (χ0n) is 13.8. The van der Waals surface area contributed by atoms with E-state index in [1.54, 1.807) is 17.1 Å². The number of rotatable bonds is 7. The first kappa shape index (κ1) is 17.0. The summed E-state index contributed by atoms with van der Waals surface area (Å²) in [5.74, 6) is -0.118. The summed E-state index contributed by atoms with van der Waals surface area (Å²) in [6.45, 7) is 1.92. The molecule has 0 saturated heterocycles. The normalized spacial score (nSPS) is 11.9. The highest BCUT2D eigenvalue weighted by atomic mass is 32.1. The molecule has 1 unspecified atom stereocenters. The summed E-state index contributed by atoms with van der Waals surface area (Å²) in [5.41, 5.74) is 1.89. The Hall–Kier alpha value is -2.80. The molecule has 0 aliphatic carbocycles. The molecule has 0 bridgehead atoms. The van der Waals surface area contributed by atoms with Crippen molar-refractivity contribution in [2.75, 3.05) is 0 Å². The largest absolute Gasteiger partial charge is 0.350 e. The van der Waals surface area contributed by atoms with E-state index in [4.69, 9.17) is 0 Å². The molecule has 2 heterocycles. The van der Waals surface area contributed by atoms with Crippen LogP contribution in [0.2, 0.25) is 0 Å². The van der Waals surface area contributed by atoms with Gasteiger partial charge in [-0.05, 0) is 36.1 Å². The van der Waals surface area contributed by atoms with E-state index < -0.39 is 0 Å². The predicted molar refractivity (Wildman–Crippen MR) is 95.8 cm³/mol. The summed E-state index contributed by atoms with van der Waals surface area (Å²) in [6.07, 6.45) is 3.53. The van der Waals surface area contributed by atoms with Crippen LogP contribution in [0.5, 0.6) is 0 Å². The monoisotopic (exact) mass is 354 g/mol. The smallest absolute Gasteiger partial charge is 0.220 e. The van der Waals surface area contributed by atoms with E-state index in [2.05, 4.69) is 15.4 Å². The van der Waals surface area contributed by atoms with Crippen LogP contribution < -0.4 is 5.32 Å². The molecule has 0 aliphatic rings. The molecule has 0 spiro atoms. The number of nitrogens with zero attached hydrogens (tertiary/aromatic N) is 3. The Labute approximate surface area is 149 Å². The summed E-state index contributed by atoms with van der Waals surface area (Å²) in [6, 6.07) is 11.2. The molecule has 3 rings (SSSR count). The summed E-state index contributed by atoms with van der Waals surface area (Å²) in [5, 5.41) is 8.86. The number of hydrogen-bond acceptors (Lipinski definition) is 5. The van der Waals surface area contributed by atoms with Gasteiger partial charge in [0.1, 0.15) is 12.7 Å². The van der Waals surface area contributed by atoms with E-state index in [1.807, 2.05) is 42.6 Å². The number of aromatic nitrogens is 3.